The molecule has 0 amide bonds. The van der Waals surface area contributed by atoms with E-state index < -0.39 is 0 Å². The standard InChI is InChI=1S/C15H22N2/c1-4-13-6-7-15(12-14(13)5-1)17-10-2-8-16-9-3-11-17/h6-7,12,16H,1-5,8-11H2. The van der Waals surface area contributed by atoms with Gasteiger partial charge >= 0.3 is 0 Å². The summed E-state index contributed by atoms with van der Waals surface area (Å²) in [5, 5.41) is 3.47. The van der Waals surface area contributed by atoms with Crippen LogP contribution in [0.2, 0.25) is 0 Å². The molecule has 17 heavy (non-hydrogen) atoms. The van der Waals surface area contributed by atoms with Gasteiger partial charge in [0, 0.05) is 18.8 Å². The van der Waals surface area contributed by atoms with Crippen LogP contribution < -0.4 is 10.2 Å². The topological polar surface area (TPSA) is 15.3 Å². The van der Waals surface area contributed by atoms with Crippen molar-refractivity contribution in [1.29, 1.82) is 0 Å². The minimum atomic E-state index is 1.17. The first-order valence-electron chi connectivity index (χ1n) is 7.01. The molecule has 1 aromatic rings. The Morgan fingerprint density at radius 1 is 0.882 bits per heavy atom. The molecule has 3 rings (SSSR count). The number of nitrogens with one attached hydrogen (secondary N) is 1. The molecule has 1 aliphatic carbocycles. The predicted molar refractivity (Wildman–Crippen MR) is 72.8 cm³/mol. The van der Waals surface area contributed by atoms with Gasteiger partial charge in [-0.05, 0) is 68.5 Å². The SMILES string of the molecule is c1cc2c(cc1N1CCCNCCC1)CCC2. The number of aryl methyl sites for hydroxylation is 2. The Labute approximate surface area is 104 Å². The van der Waals surface area contributed by atoms with E-state index in [9.17, 15) is 0 Å². The molecule has 1 fully saturated rings. The van der Waals surface area contributed by atoms with Gasteiger partial charge in [-0.25, -0.2) is 0 Å². The van der Waals surface area contributed by atoms with Gasteiger partial charge in [0.1, 0.15) is 0 Å². The molecule has 1 heterocycles. The van der Waals surface area contributed by atoms with Crippen molar-refractivity contribution in [2.24, 2.45) is 0 Å². The third kappa shape index (κ3) is 2.47. The summed E-state index contributed by atoms with van der Waals surface area (Å²) in [6, 6.07) is 7.13. The maximum atomic E-state index is 3.47. The zero-order valence-electron chi connectivity index (χ0n) is 10.5. The molecule has 0 radical (unpaired) electrons. The van der Waals surface area contributed by atoms with E-state index in [0.29, 0.717) is 0 Å². The molecule has 1 N–H and O–H groups in total. The molecule has 0 aromatic heterocycles. The zero-order valence-corrected chi connectivity index (χ0v) is 10.5. The molecule has 1 aromatic carbocycles. The maximum Gasteiger partial charge on any atom is 0.0369 e. The van der Waals surface area contributed by atoms with Crippen LogP contribution in [0.3, 0.4) is 0 Å². The molecule has 1 saturated heterocycles. The number of benzene rings is 1. The molecule has 0 saturated carbocycles. The third-order valence-electron chi connectivity index (χ3n) is 4.01. The van der Waals surface area contributed by atoms with Crippen molar-refractivity contribution < 1.29 is 0 Å². The van der Waals surface area contributed by atoms with E-state index >= 15 is 0 Å². The molecule has 2 heteroatoms. The van der Waals surface area contributed by atoms with Gasteiger partial charge in [-0.3, -0.25) is 0 Å². The summed E-state index contributed by atoms with van der Waals surface area (Å²) in [5.74, 6) is 0. The summed E-state index contributed by atoms with van der Waals surface area (Å²) in [6.45, 7) is 4.74. The highest BCUT2D eigenvalue weighted by Crippen LogP contribution is 2.27. The quantitative estimate of drug-likeness (QED) is 0.797. The minimum Gasteiger partial charge on any atom is -0.371 e. The number of hydrogen-bond acceptors (Lipinski definition) is 2. The van der Waals surface area contributed by atoms with Crippen LogP contribution in [-0.2, 0) is 12.8 Å². The minimum absolute atomic E-state index is 1.17. The van der Waals surface area contributed by atoms with Crippen LogP contribution >= 0.6 is 0 Å². The second-order valence-electron chi connectivity index (χ2n) is 5.25. The van der Waals surface area contributed by atoms with E-state index in [4.69, 9.17) is 0 Å². The molecule has 0 bridgehead atoms. The monoisotopic (exact) mass is 230 g/mol. The maximum absolute atomic E-state index is 3.47. The van der Waals surface area contributed by atoms with E-state index in [1.165, 1.54) is 64.0 Å². The van der Waals surface area contributed by atoms with E-state index in [1.807, 2.05) is 0 Å². The third-order valence-corrected chi connectivity index (χ3v) is 4.01. The van der Waals surface area contributed by atoms with Crippen molar-refractivity contribution in [3.8, 4) is 0 Å². The first-order chi connectivity index (χ1) is 8.43. The van der Waals surface area contributed by atoms with Gasteiger partial charge in [0.15, 0.2) is 0 Å². The van der Waals surface area contributed by atoms with Crippen molar-refractivity contribution in [3.05, 3.63) is 29.3 Å². The van der Waals surface area contributed by atoms with E-state index in [0.717, 1.165) is 0 Å². The van der Waals surface area contributed by atoms with Crippen LogP contribution in [0.15, 0.2) is 18.2 Å². The second kappa shape index (κ2) is 5.09. The lowest BCUT2D eigenvalue weighted by molar-refractivity contribution is 0.567. The lowest BCUT2D eigenvalue weighted by Gasteiger charge is -2.27. The van der Waals surface area contributed by atoms with Crippen LogP contribution in [0.5, 0.6) is 0 Å². The molecule has 0 unspecified atom stereocenters. The van der Waals surface area contributed by atoms with E-state index in [-0.39, 0.29) is 0 Å². The fraction of sp³-hybridized carbons (Fsp3) is 0.600. The molecule has 2 nitrogen and oxygen atoms in total. The molecule has 0 spiro atoms. The number of nitrogens with zero attached hydrogens (tertiary/aromatic N) is 1. The highest BCUT2D eigenvalue weighted by molar-refractivity contribution is 5.52. The average Bonchev–Trinajstić information content (AvgIpc) is 2.75. The number of fused-ring (bicyclic) bond motifs is 1. The Bertz CT molecular complexity index is 379. The van der Waals surface area contributed by atoms with E-state index in [1.54, 1.807) is 11.1 Å². The summed E-state index contributed by atoms with van der Waals surface area (Å²) >= 11 is 0. The van der Waals surface area contributed by atoms with Crippen molar-refractivity contribution >= 4 is 5.69 Å². The molecule has 2 aliphatic rings. The number of hydrogen-bond donors (Lipinski definition) is 1. The van der Waals surface area contributed by atoms with Gasteiger partial charge in [-0.1, -0.05) is 6.07 Å². The fourth-order valence-electron chi connectivity index (χ4n) is 3.04. The lowest BCUT2D eigenvalue weighted by atomic mass is 10.1. The summed E-state index contributed by atoms with van der Waals surface area (Å²) in [4.78, 5) is 2.57. The highest BCUT2D eigenvalue weighted by Gasteiger charge is 2.14. The smallest absolute Gasteiger partial charge is 0.0369 e. The van der Waals surface area contributed by atoms with Crippen LogP contribution in [0.1, 0.15) is 30.4 Å². The van der Waals surface area contributed by atoms with Crippen LogP contribution in [0.4, 0.5) is 5.69 Å². The Kier molecular flexibility index (Phi) is 3.32. The van der Waals surface area contributed by atoms with Gasteiger partial charge < -0.3 is 10.2 Å². The van der Waals surface area contributed by atoms with Crippen molar-refractivity contribution in [2.45, 2.75) is 32.1 Å². The van der Waals surface area contributed by atoms with Crippen molar-refractivity contribution in [1.82, 2.24) is 5.32 Å². The van der Waals surface area contributed by atoms with Crippen LogP contribution in [-0.4, -0.2) is 26.2 Å². The van der Waals surface area contributed by atoms with E-state index in [2.05, 4.69) is 28.4 Å². The predicted octanol–water partition coefficient (Wildman–Crippen LogP) is 2.37. The average molecular weight is 230 g/mol. The Balaban J connectivity index is 1.77. The molecular formula is C15H22N2. The van der Waals surface area contributed by atoms with Crippen molar-refractivity contribution in [2.75, 3.05) is 31.1 Å². The molecule has 92 valence electrons. The zero-order chi connectivity index (χ0) is 11.5. The van der Waals surface area contributed by atoms with Crippen LogP contribution in [0, 0.1) is 0 Å². The number of anilines is 1. The van der Waals surface area contributed by atoms with Gasteiger partial charge in [-0.2, -0.15) is 0 Å². The Morgan fingerprint density at radius 3 is 2.47 bits per heavy atom. The second-order valence-corrected chi connectivity index (χ2v) is 5.25. The van der Waals surface area contributed by atoms with Gasteiger partial charge in [0.25, 0.3) is 0 Å². The summed E-state index contributed by atoms with van der Waals surface area (Å²) < 4.78 is 0. The van der Waals surface area contributed by atoms with Gasteiger partial charge in [0.05, 0.1) is 0 Å². The Morgan fingerprint density at radius 2 is 1.65 bits per heavy atom. The lowest BCUT2D eigenvalue weighted by Crippen LogP contribution is -2.33. The molecule has 1 aliphatic heterocycles. The highest BCUT2D eigenvalue weighted by atomic mass is 15.1. The Hall–Kier alpha value is -1.02. The molecule has 0 atom stereocenters. The molecular weight excluding hydrogens is 208 g/mol. The van der Waals surface area contributed by atoms with Gasteiger partial charge in [0.2, 0.25) is 0 Å². The largest absolute Gasteiger partial charge is 0.371 e. The first kappa shape index (κ1) is 11.1. The normalized spacial score (nSPS) is 20.8. The fourth-order valence-corrected chi connectivity index (χ4v) is 3.04. The number of rotatable bonds is 1. The van der Waals surface area contributed by atoms with Crippen molar-refractivity contribution in [3.63, 3.8) is 0 Å². The first-order valence-corrected chi connectivity index (χ1v) is 7.01. The summed E-state index contributed by atoms with van der Waals surface area (Å²) in [6.07, 6.45) is 6.45. The summed E-state index contributed by atoms with van der Waals surface area (Å²) in [5.41, 5.74) is 4.64. The van der Waals surface area contributed by atoms with Gasteiger partial charge in [-0.15, -0.1) is 0 Å². The summed E-state index contributed by atoms with van der Waals surface area (Å²) in [7, 11) is 0. The van der Waals surface area contributed by atoms with Crippen LogP contribution in [0.25, 0.3) is 0 Å².